The molecule has 5 nitrogen and oxygen atoms in total. The number of aromatic nitrogens is 1. The van der Waals surface area contributed by atoms with Gasteiger partial charge in [0.05, 0.1) is 0 Å². The predicted molar refractivity (Wildman–Crippen MR) is 107 cm³/mol. The standard InChI is InChI=1S/C21H35N3O2/c1-7-13-24(20(25)26-21(4,5)6)19-12-11-17(15-22-19)18-10-8-9-14-23(18)16(2)3/h11-12,15-16,18H,7-10,13-14H2,1-6H3. The molecule has 2 heterocycles. The van der Waals surface area contributed by atoms with Crippen molar-refractivity contribution < 1.29 is 9.53 Å². The number of hydrogen-bond donors (Lipinski definition) is 0. The van der Waals surface area contributed by atoms with E-state index in [1.165, 1.54) is 24.8 Å². The number of carbonyl (C=O) groups is 1. The van der Waals surface area contributed by atoms with Crippen LogP contribution in [0.4, 0.5) is 10.6 Å². The van der Waals surface area contributed by atoms with Gasteiger partial charge < -0.3 is 4.74 Å². The van der Waals surface area contributed by atoms with Gasteiger partial charge in [-0.3, -0.25) is 9.80 Å². The Morgan fingerprint density at radius 2 is 2.08 bits per heavy atom. The number of amides is 1. The van der Waals surface area contributed by atoms with Crippen LogP contribution in [0.25, 0.3) is 0 Å². The van der Waals surface area contributed by atoms with E-state index in [2.05, 4.69) is 29.8 Å². The van der Waals surface area contributed by atoms with Gasteiger partial charge in [-0.2, -0.15) is 0 Å². The van der Waals surface area contributed by atoms with Crippen molar-refractivity contribution in [3.05, 3.63) is 23.9 Å². The lowest BCUT2D eigenvalue weighted by Crippen LogP contribution is -2.39. The Balaban J connectivity index is 2.18. The molecule has 1 aliphatic rings. The molecule has 0 saturated carbocycles. The van der Waals surface area contributed by atoms with Crippen LogP contribution in [-0.4, -0.2) is 40.7 Å². The number of rotatable bonds is 5. The number of pyridine rings is 1. The molecule has 1 amide bonds. The molecule has 2 rings (SSSR count). The van der Waals surface area contributed by atoms with E-state index in [4.69, 9.17) is 4.74 Å². The molecule has 1 aliphatic heterocycles. The number of nitrogens with zero attached hydrogens (tertiary/aromatic N) is 3. The predicted octanol–water partition coefficient (Wildman–Crippen LogP) is 5.17. The van der Waals surface area contributed by atoms with Crippen molar-refractivity contribution in [2.45, 2.75) is 84.9 Å². The SMILES string of the molecule is CCCN(C(=O)OC(C)(C)C)c1ccc(C2CCCCN2C(C)C)cn1. The summed E-state index contributed by atoms with van der Waals surface area (Å²) in [4.78, 5) is 21.3. The van der Waals surface area contributed by atoms with Gasteiger partial charge in [0.1, 0.15) is 11.4 Å². The van der Waals surface area contributed by atoms with Crippen LogP contribution in [0.15, 0.2) is 18.3 Å². The van der Waals surface area contributed by atoms with Crippen LogP contribution in [0.5, 0.6) is 0 Å². The van der Waals surface area contributed by atoms with E-state index in [1.54, 1.807) is 4.90 Å². The first-order valence-electron chi connectivity index (χ1n) is 9.95. The summed E-state index contributed by atoms with van der Waals surface area (Å²) in [6.07, 6.45) is 6.16. The van der Waals surface area contributed by atoms with Crippen LogP contribution in [-0.2, 0) is 4.74 Å². The molecule has 1 atom stereocenters. The zero-order valence-electron chi connectivity index (χ0n) is 17.3. The topological polar surface area (TPSA) is 45.7 Å². The van der Waals surface area contributed by atoms with Crippen molar-refractivity contribution in [3.8, 4) is 0 Å². The molecule has 1 saturated heterocycles. The minimum atomic E-state index is -0.511. The van der Waals surface area contributed by atoms with Crippen molar-refractivity contribution in [2.24, 2.45) is 0 Å². The molecule has 0 spiro atoms. The maximum Gasteiger partial charge on any atom is 0.416 e. The number of piperidine rings is 1. The van der Waals surface area contributed by atoms with Gasteiger partial charge in [-0.15, -0.1) is 0 Å². The van der Waals surface area contributed by atoms with Crippen LogP contribution in [0, 0.1) is 0 Å². The summed E-state index contributed by atoms with van der Waals surface area (Å²) in [5.74, 6) is 0.664. The quantitative estimate of drug-likeness (QED) is 0.726. The Labute approximate surface area is 158 Å². The first-order chi connectivity index (χ1) is 12.2. The number of anilines is 1. The number of carbonyl (C=O) groups excluding carboxylic acids is 1. The molecule has 1 aromatic rings. The van der Waals surface area contributed by atoms with E-state index in [-0.39, 0.29) is 6.09 Å². The van der Waals surface area contributed by atoms with E-state index in [0.29, 0.717) is 24.4 Å². The van der Waals surface area contributed by atoms with E-state index in [0.717, 1.165) is 13.0 Å². The molecule has 1 fully saturated rings. The molecule has 0 aliphatic carbocycles. The van der Waals surface area contributed by atoms with Crippen molar-refractivity contribution >= 4 is 11.9 Å². The van der Waals surface area contributed by atoms with E-state index in [9.17, 15) is 4.79 Å². The van der Waals surface area contributed by atoms with Gasteiger partial charge in [-0.1, -0.05) is 19.4 Å². The summed E-state index contributed by atoms with van der Waals surface area (Å²) >= 11 is 0. The third-order valence-corrected chi connectivity index (χ3v) is 4.70. The fourth-order valence-electron chi connectivity index (χ4n) is 3.52. The summed E-state index contributed by atoms with van der Waals surface area (Å²) in [6.45, 7) is 14.0. The first kappa shape index (κ1) is 20.7. The summed E-state index contributed by atoms with van der Waals surface area (Å²) in [5, 5.41) is 0. The highest BCUT2D eigenvalue weighted by Crippen LogP contribution is 2.32. The summed E-state index contributed by atoms with van der Waals surface area (Å²) in [7, 11) is 0. The van der Waals surface area contributed by atoms with Gasteiger partial charge in [-0.05, 0) is 72.1 Å². The first-order valence-corrected chi connectivity index (χ1v) is 9.95. The maximum absolute atomic E-state index is 12.5. The Bertz CT molecular complexity index is 578. The average Bonchev–Trinajstić information content (AvgIpc) is 2.58. The number of likely N-dealkylation sites (tertiary alicyclic amines) is 1. The van der Waals surface area contributed by atoms with Crippen molar-refractivity contribution in [1.29, 1.82) is 0 Å². The van der Waals surface area contributed by atoms with Gasteiger partial charge in [0, 0.05) is 24.8 Å². The molecule has 5 heteroatoms. The fraction of sp³-hybridized carbons (Fsp3) is 0.714. The molecule has 1 aromatic heterocycles. The van der Waals surface area contributed by atoms with Crippen LogP contribution < -0.4 is 4.90 Å². The molecule has 0 aromatic carbocycles. The van der Waals surface area contributed by atoms with Gasteiger partial charge >= 0.3 is 6.09 Å². The number of hydrogen-bond acceptors (Lipinski definition) is 4. The van der Waals surface area contributed by atoms with E-state index >= 15 is 0 Å². The highest BCUT2D eigenvalue weighted by Gasteiger charge is 2.27. The smallest absolute Gasteiger partial charge is 0.416 e. The highest BCUT2D eigenvalue weighted by molar-refractivity contribution is 5.86. The Morgan fingerprint density at radius 3 is 2.62 bits per heavy atom. The molecule has 146 valence electrons. The third-order valence-electron chi connectivity index (χ3n) is 4.70. The van der Waals surface area contributed by atoms with E-state index < -0.39 is 5.60 Å². The van der Waals surface area contributed by atoms with Crippen molar-refractivity contribution in [2.75, 3.05) is 18.0 Å². The minimum Gasteiger partial charge on any atom is -0.443 e. The van der Waals surface area contributed by atoms with Gasteiger partial charge in [0.25, 0.3) is 0 Å². The van der Waals surface area contributed by atoms with Crippen LogP contribution >= 0.6 is 0 Å². The second-order valence-corrected chi connectivity index (χ2v) is 8.42. The second kappa shape index (κ2) is 8.85. The minimum absolute atomic E-state index is 0.332. The lowest BCUT2D eigenvalue weighted by molar-refractivity contribution is 0.0579. The largest absolute Gasteiger partial charge is 0.443 e. The van der Waals surface area contributed by atoms with Crippen molar-refractivity contribution in [1.82, 2.24) is 9.88 Å². The maximum atomic E-state index is 12.5. The lowest BCUT2D eigenvalue weighted by Gasteiger charge is -2.38. The molecule has 0 radical (unpaired) electrons. The molecule has 1 unspecified atom stereocenters. The van der Waals surface area contributed by atoms with E-state index in [1.807, 2.05) is 40.0 Å². The Morgan fingerprint density at radius 1 is 1.35 bits per heavy atom. The fourth-order valence-corrected chi connectivity index (χ4v) is 3.52. The molecule has 0 N–H and O–H groups in total. The average molecular weight is 362 g/mol. The van der Waals surface area contributed by atoms with Gasteiger partial charge in [-0.25, -0.2) is 9.78 Å². The summed E-state index contributed by atoms with van der Waals surface area (Å²) in [5.41, 5.74) is 0.728. The monoisotopic (exact) mass is 361 g/mol. The molecular weight excluding hydrogens is 326 g/mol. The zero-order chi connectivity index (χ0) is 19.3. The highest BCUT2D eigenvalue weighted by atomic mass is 16.6. The third kappa shape index (κ3) is 5.44. The normalized spacial score (nSPS) is 18.8. The Hall–Kier alpha value is -1.62. The van der Waals surface area contributed by atoms with Crippen molar-refractivity contribution in [3.63, 3.8) is 0 Å². The second-order valence-electron chi connectivity index (χ2n) is 8.42. The molecule has 0 bridgehead atoms. The molecule has 26 heavy (non-hydrogen) atoms. The lowest BCUT2D eigenvalue weighted by atomic mass is 9.95. The number of ether oxygens (including phenoxy) is 1. The van der Waals surface area contributed by atoms with Crippen LogP contribution in [0.2, 0.25) is 0 Å². The van der Waals surface area contributed by atoms with Gasteiger partial charge in [0.2, 0.25) is 0 Å². The van der Waals surface area contributed by atoms with Crippen LogP contribution in [0.3, 0.4) is 0 Å². The summed E-state index contributed by atoms with van der Waals surface area (Å²) in [6, 6.07) is 5.03. The van der Waals surface area contributed by atoms with Crippen LogP contribution in [0.1, 0.15) is 78.8 Å². The summed E-state index contributed by atoms with van der Waals surface area (Å²) < 4.78 is 5.54. The van der Waals surface area contributed by atoms with Gasteiger partial charge in [0.15, 0.2) is 0 Å². The Kier molecular flexibility index (Phi) is 7.04. The molecular formula is C21H35N3O2. The zero-order valence-corrected chi connectivity index (χ0v) is 17.3.